The first-order chi connectivity index (χ1) is 15.9. The van der Waals surface area contributed by atoms with Gasteiger partial charge in [-0.05, 0) is 67.4 Å². The summed E-state index contributed by atoms with van der Waals surface area (Å²) in [5.41, 5.74) is 3.65. The number of sulfonamides is 1. The van der Waals surface area contributed by atoms with Gasteiger partial charge >= 0.3 is 0 Å². The predicted octanol–water partition coefficient (Wildman–Crippen LogP) is 4.74. The van der Waals surface area contributed by atoms with Crippen LogP contribution in [0.3, 0.4) is 0 Å². The van der Waals surface area contributed by atoms with E-state index in [2.05, 4.69) is 19.9 Å². The van der Waals surface area contributed by atoms with Gasteiger partial charge in [-0.25, -0.2) is 13.4 Å². The molecule has 0 radical (unpaired) electrons. The number of fused-ring (bicyclic) bond motifs is 3. The van der Waals surface area contributed by atoms with Gasteiger partial charge in [-0.15, -0.1) is 10.2 Å². The maximum absolute atomic E-state index is 12.7. The zero-order valence-electron chi connectivity index (χ0n) is 18.1. The number of nitrogens with zero attached hydrogens (tertiary/aromatic N) is 4. The number of ether oxygens (including phenoxy) is 1. The number of para-hydroxylation sites is 2. The predicted molar refractivity (Wildman–Crippen MR) is 126 cm³/mol. The number of anilines is 1. The van der Waals surface area contributed by atoms with Gasteiger partial charge in [0.2, 0.25) is 5.65 Å². The average molecular weight is 460 g/mol. The molecule has 166 valence electrons. The summed E-state index contributed by atoms with van der Waals surface area (Å²) >= 11 is 0. The highest BCUT2D eigenvalue weighted by molar-refractivity contribution is 7.92. The van der Waals surface area contributed by atoms with Gasteiger partial charge < -0.3 is 4.74 Å². The number of rotatable bonds is 6. The van der Waals surface area contributed by atoms with Crippen molar-refractivity contribution in [3.05, 3.63) is 84.2 Å². The van der Waals surface area contributed by atoms with E-state index in [-0.39, 0.29) is 4.90 Å². The molecule has 3 aromatic carbocycles. The molecule has 0 saturated carbocycles. The Kier molecular flexibility index (Phi) is 5.18. The molecule has 33 heavy (non-hydrogen) atoms. The van der Waals surface area contributed by atoms with E-state index < -0.39 is 10.0 Å². The third kappa shape index (κ3) is 3.98. The first-order valence-corrected chi connectivity index (χ1v) is 11.9. The highest BCUT2D eigenvalue weighted by Crippen LogP contribution is 2.28. The van der Waals surface area contributed by atoms with Crippen LogP contribution in [0.1, 0.15) is 18.3 Å². The minimum atomic E-state index is -3.69. The third-order valence-electron chi connectivity index (χ3n) is 5.32. The second-order valence-electron chi connectivity index (χ2n) is 7.54. The standard InChI is InChI=1S/C24H21N5O3S/c1-3-17-8-14-20(15-9-17)33(30,31)28-18-10-12-19(13-11-18)32-24-23-27-26-16(2)29(23)22-7-5-4-6-21(22)25-24/h4-15,28H,3H2,1-2H3. The lowest BCUT2D eigenvalue weighted by Gasteiger charge is -2.11. The fourth-order valence-corrected chi connectivity index (χ4v) is 4.64. The molecule has 2 heterocycles. The topological polar surface area (TPSA) is 98.5 Å². The molecule has 0 aliphatic heterocycles. The highest BCUT2D eigenvalue weighted by Gasteiger charge is 2.16. The summed E-state index contributed by atoms with van der Waals surface area (Å²) in [7, 11) is -3.69. The monoisotopic (exact) mass is 459 g/mol. The molecule has 0 fully saturated rings. The quantitative estimate of drug-likeness (QED) is 0.394. The van der Waals surface area contributed by atoms with E-state index in [1.165, 1.54) is 0 Å². The Morgan fingerprint density at radius 3 is 2.39 bits per heavy atom. The SMILES string of the molecule is CCc1ccc(S(=O)(=O)Nc2ccc(Oc3nc4ccccc4n4c(C)nnc34)cc2)cc1. The summed E-state index contributed by atoms with van der Waals surface area (Å²) in [6, 6.07) is 21.2. The van der Waals surface area contributed by atoms with E-state index in [0.717, 1.165) is 28.8 Å². The van der Waals surface area contributed by atoms with Gasteiger partial charge in [0.15, 0.2) is 0 Å². The molecule has 0 saturated heterocycles. The number of benzene rings is 3. The maximum atomic E-state index is 12.7. The van der Waals surface area contributed by atoms with Crippen LogP contribution in [0.15, 0.2) is 77.7 Å². The maximum Gasteiger partial charge on any atom is 0.266 e. The summed E-state index contributed by atoms with van der Waals surface area (Å²) in [6.45, 7) is 3.89. The number of nitrogens with one attached hydrogen (secondary N) is 1. The second kappa shape index (κ2) is 8.18. The molecule has 0 spiro atoms. The van der Waals surface area contributed by atoms with Crippen molar-refractivity contribution in [2.75, 3.05) is 4.72 Å². The van der Waals surface area contributed by atoms with Crippen molar-refractivity contribution < 1.29 is 13.2 Å². The largest absolute Gasteiger partial charge is 0.436 e. The van der Waals surface area contributed by atoms with Crippen LogP contribution in [0.5, 0.6) is 11.6 Å². The Hall–Kier alpha value is -3.98. The zero-order valence-corrected chi connectivity index (χ0v) is 18.9. The summed E-state index contributed by atoms with van der Waals surface area (Å²) in [6.07, 6.45) is 0.849. The first-order valence-electron chi connectivity index (χ1n) is 10.4. The highest BCUT2D eigenvalue weighted by atomic mass is 32.2. The summed E-state index contributed by atoms with van der Waals surface area (Å²) in [5, 5.41) is 8.37. The fraction of sp³-hybridized carbons (Fsp3) is 0.125. The molecule has 5 aromatic rings. The minimum Gasteiger partial charge on any atom is -0.436 e. The number of hydrogen-bond acceptors (Lipinski definition) is 6. The van der Waals surface area contributed by atoms with Crippen LogP contribution in [0.25, 0.3) is 16.7 Å². The van der Waals surface area contributed by atoms with Crippen molar-refractivity contribution in [3.63, 3.8) is 0 Å². The Morgan fingerprint density at radius 1 is 0.939 bits per heavy atom. The van der Waals surface area contributed by atoms with Crippen LogP contribution in [-0.2, 0) is 16.4 Å². The van der Waals surface area contributed by atoms with Crippen LogP contribution in [0, 0.1) is 6.92 Å². The summed E-state index contributed by atoms with van der Waals surface area (Å²) in [4.78, 5) is 4.80. The van der Waals surface area contributed by atoms with E-state index in [0.29, 0.717) is 23.0 Å². The molecular weight excluding hydrogens is 438 g/mol. The van der Waals surface area contributed by atoms with E-state index in [9.17, 15) is 8.42 Å². The second-order valence-corrected chi connectivity index (χ2v) is 9.22. The van der Waals surface area contributed by atoms with Crippen molar-refractivity contribution in [1.29, 1.82) is 0 Å². The van der Waals surface area contributed by atoms with Crippen LogP contribution in [0.2, 0.25) is 0 Å². The van der Waals surface area contributed by atoms with Crippen molar-refractivity contribution in [2.45, 2.75) is 25.2 Å². The van der Waals surface area contributed by atoms with E-state index in [4.69, 9.17) is 4.74 Å². The Balaban J connectivity index is 1.40. The van der Waals surface area contributed by atoms with Gasteiger partial charge in [0.1, 0.15) is 11.6 Å². The molecule has 5 rings (SSSR count). The molecule has 0 bridgehead atoms. The molecule has 0 aliphatic carbocycles. The molecule has 0 amide bonds. The summed E-state index contributed by atoms with van der Waals surface area (Å²) < 4.78 is 35.8. The van der Waals surface area contributed by atoms with E-state index in [1.54, 1.807) is 36.4 Å². The zero-order chi connectivity index (χ0) is 23.0. The van der Waals surface area contributed by atoms with E-state index in [1.807, 2.05) is 54.6 Å². The fourth-order valence-electron chi connectivity index (χ4n) is 3.59. The third-order valence-corrected chi connectivity index (χ3v) is 6.72. The van der Waals surface area contributed by atoms with Gasteiger partial charge in [-0.3, -0.25) is 9.12 Å². The molecular formula is C24H21N5O3S. The Labute approximate surface area is 190 Å². The van der Waals surface area contributed by atoms with Crippen molar-refractivity contribution >= 4 is 32.4 Å². The summed E-state index contributed by atoms with van der Waals surface area (Å²) in [5.74, 6) is 1.54. The van der Waals surface area contributed by atoms with Gasteiger partial charge in [-0.2, -0.15) is 0 Å². The number of hydrogen-bond donors (Lipinski definition) is 1. The van der Waals surface area contributed by atoms with Crippen molar-refractivity contribution in [3.8, 4) is 11.6 Å². The van der Waals surface area contributed by atoms with Crippen molar-refractivity contribution in [1.82, 2.24) is 19.6 Å². The first kappa shape index (κ1) is 20.9. The van der Waals surface area contributed by atoms with Gasteiger partial charge in [0.05, 0.1) is 15.9 Å². The van der Waals surface area contributed by atoms with Crippen LogP contribution < -0.4 is 9.46 Å². The van der Waals surface area contributed by atoms with Gasteiger partial charge in [-0.1, -0.05) is 31.2 Å². The van der Waals surface area contributed by atoms with Crippen LogP contribution >= 0.6 is 0 Å². The minimum absolute atomic E-state index is 0.213. The van der Waals surface area contributed by atoms with Crippen LogP contribution in [-0.4, -0.2) is 28.0 Å². The number of aryl methyl sites for hydroxylation is 2. The molecule has 8 nitrogen and oxygen atoms in total. The smallest absolute Gasteiger partial charge is 0.266 e. The van der Waals surface area contributed by atoms with Crippen molar-refractivity contribution in [2.24, 2.45) is 0 Å². The molecule has 0 aliphatic rings. The lowest BCUT2D eigenvalue weighted by atomic mass is 10.2. The lowest BCUT2D eigenvalue weighted by molar-refractivity contribution is 0.467. The molecule has 0 unspecified atom stereocenters. The molecule has 9 heteroatoms. The number of aromatic nitrogens is 4. The average Bonchev–Trinajstić information content (AvgIpc) is 3.22. The normalized spacial score (nSPS) is 11.7. The lowest BCUT2D eigenvalue weighted by Crippen LogP contribution is -2.12. The molecule has 1 N–H and O–H groups in total. The van der Waals surface area contributed by atoms with Gasteiger partial charge in [0, 0.05) is 5.69 Å². The van der Waals surface area contributed by atoms with Crippen LogP contribution in [0.4, 0.5) is 5.69 Å². The van der Waals surface area contributed by atoms with Gasteiger partial charge in [0.25, 0.3) is 15.9 Å². The molecule has 0 atom stereocenters. The van der Waals surface area contributed by atoms with E-state index >= 15 is 0 Å². The molecule has 2 aromatic heterocycles. The Morgan fingerprint density at radius 2 is 1.67 bits per heavy atom. The Bertz CT molecular complexity index is 1560.